The van der Waals surface area contributed by atoms with Gasteiger partial charge in [0.2, 0.25) is 6.23 Å². The maximum Gasteiger partial charge on any atom is 0.335 e. The van der Waals surface area contributed by atoms with E-state index in [1.807, 2.05) is 36.7 Å². The molecule has 4 N–H and O–H groups in total. The van der Waals surface area contributed by atoms with Gasteiger partial charge in [0.05, 0.1) is 25.0 Å². The number of nitrogens with zero attached hydrogens (tertiary/aromatic N) is 1. The van der Waals surface area contributed by atoms with Crippen molar-refractivity contribution in [1.29, 1.82) is 0 Å². The van der Waals surface area contributed by atoms with E-state index in [9.17, 15) is 30.0 Å². The van der Waals surface area contributed by atoms with E-state index in [2.05, 4.69) is 6.07 Å². The van der Waals surface area contributed by atoms with Crippen molar-refractivity contribution < 1.29 is 39.2 Å². The fourth-order valence-electron chi connectivity index (χ4n) is 5.52. The van der Waals surface area contributed by atoms with Gasteiger partial charge in [-0.2, -0.15) is 0 Å². The summed E-state index contributed by atoms with van der Waals surface area (Å²) in [6, 6.07) is 9.99. The molecular formula is C25H28NO7S+. The third-order valence-corrected chi connectivity index (χ3v) is 8.43. The summed E-state index contributed by atoms with van der Waals surface area (Å²) in [5.74, 6) is -1.25. The van der Waals surface area contributed by atoms with E-state index in [0.717, 1.165) is 27.1 Å². The van der Waals surface area contributed by atoms with E-state index in [-0.39, 0.29) is 10.3 Å². The molecule has 1 aliphatic carbocycles. The average Bonchev–Trinajstić information content (AvgIpc) is 3.25. The molecule has 1 aromatic heterocycles. The highest BCUT2D eigenvalue weighted by Gasteiger charge is 2.54. The zero-order valence-corrected chi connectivity index (χ0v) is 19.6. The number of carboxylic acids is 1. The quantitative estimate of drug-likeness (QED) is 0.473. The molecule has 34 heavy (non-hydrogen) atoms. The summed E-state index contributed by atoms with van der Waals surface area (Å²) >= 11 is 1.46. The van der Waals surface area contributed by atoms with Gasteiger partial charge in [0, 0.05) is 24.8 Å². The maximum absolute atomic E-state index is 12.9. The van der Waals surface area contributed by atoms with Crippen LogP contribution in [0.5, 0.6) is 0 Å². The number of quaternary nitrogens is 1. The van der Waals surface area contributed by atoms with Crippen LogP contribution in [0.4, 0.5) is 0 Å². The summed E-state index contributed by atoms with van der Waals surface area (Å²) in [4.78, 5) is 25.2. The molecule has 180 valence electrons. The SMILES string of the molecule is C[N+]1([C@@H]2O[C@H](C(=O)O)[C@@H](O)[C@H](O)[C@H]2O)CCC(=C2c3ccccc3CC(=O)c3sccc32)CC1. The summed E-state index contributed by atoms with van der Waals surface area (Å²) < 4.78 is 5.86. The van der Waals surface area contributed by atoms with Crippen molar-refractivity contribution in [2.24, 2.45) is 0 Å². The van der Waals surface area contributed by atoms with Gasteiger partial charge in [-0.1, -0.05) is 29.8 Å². The number of fused-ring (bicyclic) bond motifs is 2. The Morgan fingerprint density at radius 2 is 1.74 bits per heavy atom. The van der Waals surface area contributed by atoms with Crippen LogP contribution >= 0.6 is 11.3 Å². The van der Waals surface area contributed by atoms with Gasteiger partial charge < -0.3 is 25.2 Å². The van der Waals surface area contributed by atoms with Crippen molar-refractivity contribution in [1.82, 2.24) is 0 Å². The number of aliphatic hydroxyl groups is 3. The minimum atomic E-state index is -1.70. The normalized spacial score (nSPS) is 33.8. The lowest BCUT2D eigenvalue weighted by Gasteiger charge is -2.50. The minimum absolute atomic E-state index is 0.121. The molecule has 0 amide bonds. The number of carbonyl (C=O) groups excluding carboxylic acids is 1. The molecule has 2 saturated heterocycles. The third kappa shape index (κ3) is 3.73. The van der Waals surface area contributed by atoms with Crippen LogP contribution in [0.25, 0.3) is 5.57 Å². The molecule has 0 saturated carbocycles. The maximum atomic E-state index is 12.9. The number of hydrogen-bond acceptors (Lipinski definition) is 7. The van der Waals surface area contributed by atoms with Crippen molar-refractivity contribution in [3.05, 3.63) is 62.9 Å². The molecule has 2 aliphatic heterocycles. The second-order valence-electron chi connectivity index (χ2n) is 9.58. The number of carboxylic acid groups (broad SMARTS) is 1. The molecule has 0 radical (unpaired) electrons. The molecule has 0 unspecified atom stereocenters. The first-order chi connectivity index (χ1) is 16.2. The Labute approximate surface area is 200 Å². The van der Waals surface area contributed by atoms with Crippen LogP contribution in [0.15, 0.2) is 41.3 Å². The fraction of sp³-hybridized carbons (Fsp3) is 0.440. The number of likely N-dealkylation sites (tertiary alicyclic amines) is 1. The number of piperidine rings is 1. The zero-order valence-electron chi connectivity index (χ0n) is 18.8. The molecule has 8 nitrogen and oxygen atoms in total. The van der Waals surface area contributed by atoms with Crippen molar-refractivity contribution in [2.75, 3.05) is 20.1 Å². The molecule has 0 bridgehead atoms. The molecule has 2 fully saturated rings. The number of Topliss-reactive ketones (excluding diaryl/α,β-unsaturated/α-hetero) is 1. The number of aliphatic carboxylic acids is 1. The second-order valence-corrected chi connectivity index (χ2v) is 10.5. The molecule has 5 atom stereocenters. The first-order valence-electron chi connectivity index (χ1n) is 11.4. The Morgan fingerprint density at radius 3 is 2.44 bits per heavy atom. The van der Waals surface area contributed by atoms with E-state index in [1.165, 1.54) is 16.9 Å². The second kappa shape index (κ2) is 8.67. The van der Waals surface area contributed by atoms with Crippen LogP contribution in [0, 0.1) is 0 Å². The van der Waals surface area contributed by atoms with Gasteiger partial charge in [0.1, 0.15) is 12.2 Å². The fourth-order valence-corrected chi connectivity index (χ4v) is 6.36. The van der Waals surface area contributed by atoms with Crippen LogP contribution in [0.3, 0.4) is 0 Å². The minimum Gasteiger partial charge on any atom is -0.479 e. The molecular weight excluding hydrogens is 458 g/mol. The average molecular weight is 487 g/mol. The lowest BCUT2D eigenvalue weighted by molar-refractivity contribution is -0.963. The lowest BCUT2D eigenvalue weighted by atomic mass is 9.86. The summed E-state index contributed by atoms with van der Waals surface area (Å²) in [5.41, 5.74) is 5.33. The van der Waals surface area contributed by atoms with Gasteiger partial charge >= 0.3 is 5.97 Å². The predicted octanol–water partition coefficient (Wildman–Crippen LogP) is 1.42. The highest BCUT2D eigenvalue weighted by molar-refractivity contribution is 7.12. The Bertz CT molecular complexity index is 1160. The Balaban J connectivity index is 1.49. The van der Waals surface area contributed by atoms with Crippen molar-refractivity contribution in [3.8, 4) is 0 Å². The number of thiophene rings is 1. The lowest BCUT2D eigenvalue weighted by Crippen LogP contribution is -2.70. The number of aliphatic hydroxyl groups excluding tert-OH is 3. The highest BCUT2D eigenvalue weighted by atomic mass is 32.1. The van der Waals surface area contributed by atoms with Crippen molar-refractivity contribution in [2.45, 2.75) is 49.9 Å². The van der Waals surface area contributed by atoms with Gasteiger partial charge in [0.25, 0.3) is 0 Å². The standard InChI is InChI=1S/C25H27NO7S/c1-26(24-21(30)19(28)20(29)22(33-24)25(31)32)9-6-13(7-10-26)18-15-5-3-2-4-14(15)12-17(27)23-16(18)8-11-34-23/h2-5,8,11,19-22,24,28-30H,6-7,9-10,12H2,1H3/p+1/t19-,20-,21+,22-,24+,26?/m0/s1. The summed E-state index contributed by atoms with van der Waals surface area (Å²) in [5, 5.41) is 42.4. The number of carbonyl (C=O) groups is 2. The van der Waals surface area contributed by atoms with E-state index in [1.54, 1.807) is 0 Å². The largest absolute Gasteiger partial charge is 0.479 e. The van der Waals surface area contributed by atoms with E-state index < -0.39 is 36.6 Å². The zero-order chi connectivity index (χ0) is 24.2. The number of ketones is 1. The summed E-state index contributed by atoms with van der Waals surface area (Å²) in [6.45, 7) is 1.09. The first-order valence-corrected chi connectivity index (χ1v) is 12.3. The van der Waals surface area contributed by atoms with Gasteiger partial charge in [-0.3, -0.25) is 9.28 Å². The number of likely N-dealkylation sites (N-methyl/N-ethyl adjacent to an activating group) is 1. The van der Waals surface area contributed by atoms with Crippen LogP contribution in [0.1, 0.15) is 39.2 Å². The predicted molar refractivity (Wildman–Crippen MR) is 124 cm³/mol. The molecule has 3 aliphatic rings. The van der Waals surface area contributed by atoms with Crippen LogP contribution in [-0.4, -0.2) is 87.4 Å². The van der Waals surface area contributed by atoms with Crippen LogP contribution in [-0.2, 0) is 16.0 Å². The molecule has 5 rings (SSSR count). The van der Waals surface area contributed by atoms with Crippen molar-refractivity contribution in [3.63, 3.8) is 0 Å². The molecule has 0 spiro atoms. The summed E-state index contributed by atoms with van der Waals surface area (Å²) in [7, 11) is 1.87. The number of hydrogen-bond donors (Lipinski definition) is 4. The van der Waals surface area contributed by atoms with Gasteiger partial charge in [-0.05, 0) is 28.1 Å². The number of benzene rings is 1. The van der Waals surface area contributed by atoms with E-state index >= 15 is 0 Å². The molecule has 2 aromatic rings. The number of rotatable bonds is 2. The Morgan fingerprint density at radius 1 is 1.03 bits per heavy atom. The first kappa shape index (κ1) is 23.3. The van der Waals surface area contributed by atoms with Crippen LogP contribution < -0.4 is 0 Å². The smallest absolute Gasteiger partial charge is 0.335 e. The van der Waals surface area contributed by atoms with E-state index in [4.69, 9.17) is 4.74 Å². The van der Waals surface area contributed by atoms with Gasteiger partial charge in [-0.25, -0.2) is 4.79 Å². The van der Waals surface area contributed by atoms with E-state index in [0.29, 0.717) is 32.4 Å². The Hall–Kier alpha value is -2.40. The molecule has 3 heterocycles. The monoisotopic (exact) mass is 486 g/mol. The molecule has 9 heteroatoms. The topological polar surface area (TPSA) is 124 Å². The van der Waals surface area contributed by atoms with Gasteiger partial charge in [-0.15, -0.1) is 11.3 Å². The van der Waals surface area contributed by atoms with Gasteiger partial charge in [0.15, 0.2) is 18.0 Å². The third-order valence-electron chi connectivity index (χ3n) is 7.47. The van der Waals surface area contributed by atoms with Crippen LogP contribution in [0.2, 0.25) is 0 Å². The Kier molecular flexibility index (Phi) is 5.96. The highest BCUT2D eigenvalue weighted by Crippen LogP contribution is 2.42. The summed E-state index contributed by atoms with van der Waals surface area (Å²) in [6.07, 6.45) is -5.62. The van der Waals surface area contributed by atoms with Crippen molar-refractivity contribution >= 4 is 28.7 Å². The number of ether oxygens (including phenoxy) is 1. The molecule has 1 aromatic carbocycles.